The van der Waals surface area contributed by atoms with Gasteiger partial charge in [-0.05, 0) is 32.0 Å². The lowest BCUT2D eigenvalue weighted by atomic mass is 10.1. The highest BCUT2D eigenvalue weighted by Gasteiger charge is 2.22. The number of benzene rings is 1. The van der Waals surface area contributed by atoms with Crippen molar-refractivity contribution in [2.45, 2.75) is 19.4 Å². The van der Waals surface area contributed by atoms with E-state index in [9.17, 15) is 15.0 Å². The number of hydrogen-bond donors (Lipinski definition) is 3. The van der Waals surface area contributed by atoms with Crippen molar-refractivity contribution in [1.29, 1.82) is 5.26 Å². The van der Waals surface area contributed by atoms with Crippen LogP contribution in [-0.4, -0.2) is 21.7 Å². The normalized spacial score (nSPS) is 10.6. The van der Waals surface area contributed by atoms with E-state index in [1.807, 2.05) is 6.07 Å². The molecule has 0 spiro atoms. The molecule has 0 aliphatic carbocycles. The number of aromatic hydroxyl groups is 2. The number of nitriles is 1. The molecule has 0 aliphatic rings. The van der Waals surface area contributed by atoms with Crippen LogP contribution in [0, 0.1) is 11.3 Å². The molecule has 0 aromatic heterocycles. The quantitative estimate of drug-likeness (QED) is 0.651. The minimum atomic E-state index is -1.03. The summed E-state index contributed by atoms with van der Waals surface area (Å²) >= 11 is 0. The Morgan fingerprint density at radius 3 is 2.62 bits per heavy atom. The number of carbonyl (C=O) groups excluding carboxylic acids is 1. The van der Waals surface area contributed by atoms with Crippen molar-refractivity contribution in [2.75, 3.05) is 0 Å². The van der Waals surface area contributed by atoms with E-state index in [4.69, 9.17) is 5.26 Å². The molecule has 1 amide bonds. The van der Waals surface area contributed by atoms with Gasteiger partial charge >= 0.3 is 0 Å². The summed E-state index contributed by atoms with van der Waals surface area (Å²) in [4.78, 5) is 11.7. The summed E-state index contributed by atoms with van der Waals surface area (Å²) in [5, 5.41) is 29.8. The standard InChI is InChI=1S/C11H12N2O3/c1-11(2,6-12)13-10(16)8-5-7(14)3-4-9(8)15/h3-5,14-15H,1-2H3,(H,13,16). The third kappa shape index (κ3) is 2.64. The van der Waals surface area contributed by atoms with Gasteiger partial charge in [-0.1, -0.05) is 0 Å². The second-order valence-electron chi connectivity index (χ2n) is 3.89. The Balaban J connectivity index is 2.98. The molecular weight excluding hydrogens is 208 g/mol. The summed E-state index contributed by atoms with van der Waals surface area (Å²) in [6.45, 7) is 3.06. The largest absolute Gasteiger partial charge is 0.508 e. The number of amides is 1. The molecule has 1 rings (SSSR count). The van der Waals surface area contributed by atoms with Crippen LogP contribution in [0.15, 0.2) is 18.2 Å². The molecule has 0 saturated carbocycles. The summed E-state index contributed by atoms with van der Waals surface area (Å²) in [6.07, 6.45) is 0. The Morgan fingerprint density at radius 2 is 2.06 bits per heavy atom. The molecule has 1 aromatic carbocycles. The van der Waals surface area contributed by atoms with E-state index in [1.54, 1.807) is 0 Å². The molecule has 0 unspecified atom stereocenters. The fraction of sp³-hybridized carbons (Fsp3) is 0.273. The Kier molecular flexibility index (Phi) is 3.04. The lowest BCUT2D eigenvalue weighted by molar-refractivity contribution is 0.0926. The average molecular weight is 220 g/mol. The smallest absolute Gasteiger partial charge is 0.256 e. The van der Waals surface area contributed by atoms with Gasteiger partial charge in [0.05, 0.1) is 11.6 Å². The Hall–Kier alpha value is -2.22. The second kappa shape index (κ2) is 4.11. The van der Waals surface area contributed by atoms with E-state index in [-0.39, 0.29) is 17.1 Å². The topological polar surface area (TPSA) is 93.4 Å². The van der Waals surface area contributed by atoms with Gasteiger partial charge in [-0.3, -0.25) is 4.79 Å². The molecule has 5 heteroatoms. The van der Waals surface area contributed by atoms with Gasteiger partial charge in [0.1, 0.15) is 17.0 Å². The van der Waals surface area contributed by atoms with Crippen LogP contribution in [0.3, 0.4) is 0 Å². The number of rotatable bonds is 2. The minimum Gasteiger partial charge on any atom is -0.508 e. The van der Waals surface area contributed by atoms with Crippen LogP contribution in [-0.2, 0) is 0 Å². The average Bonchev–Trinajstić information content (AvgIpc) is 2.21. The summed E-state index contributed by atoms with van der Waals surface area (Å²) in [6, 6.07) is 5.51. The molecule has 0 saturated heterocycles. The zero-order valence-electron chi connectivity index (χ0n) is 8.98. The predicted molar refractivity (Wildman–Crippen MR) is 56.9 cm³/mol. The number of carbonyl (C=O) groups is 1. The first-order valence-electron chi connectivity index (χ1n) is 4.61. The first-order valence-corrected chi connectivity index (χ1v) is 4.61. The highest BCUT2D eigenvalue weighted by Crippen LogP contribution is 2.22. The Labute approximate surface area is 92.9 Å². The fourth-order valence-corrected chi connectivity index (χ4v) is 1.09. The molecule has 0 heterocycles. The first kappa shape index (κ1) is 11.9. The van der Waals surface area contributed by atoms with Gasteiger partial charge < -0.3 is 15.5 Å². The summed E-state index contributed by atoms with van der Waals surface area (Å²) in [5.41, 5.74) is -1.10. The third-order valence-corrected chi connectivity index (χ3v) is 1.93. The zero-order chi connectivity index (χ0) is 12.3. The lowest BCUT2D eigenvalue weighted by Crippen LogP contribution is -2.42. The first-order chi connectivity index (χ1) is 7.35. The maximum absolute atomic E-state index is 11.7. The van der Waals surface area contributed by atoms with E-state index in [2.05, 4.69) is 5.32 Å². The number of hydrogen-bond acceptors (Lipinski definition) is 4. The third-order valence-electron chi connectivity index (χ3n) is 1.93. The van der Waals surface area contributed by atoms with E-state index in [1.165, 1.54) is 26.0 Å². The maximum atomic E-state index is 11.7. The molecule has 1 aromatic rings. The molecule has 84 valence electrons. The van der Waals surface area contributed by atoms with Crippen molar-refractivity contribution < 1.29 is 15.0 Å². The van der Waals surface area contributed by atoms with Crippen molar-refractivity contribution in [3.05, 3.63) is 23.8 Å². The molecule has 0 fully saturated rings. The highest BCUT2D eigenvalue weighted by atomic mass is 16.3. The fourth-order valence-electron chi connectivity index (χ4n) is 1.09. The number of phenols is 2. The van der Waals surface area contributed by atoms with Crippen molar-refractivity contribution in [3.8, 4) is 17.6 Å². The Bertz CT molecular complexity index is 461. The van der Waals surface area contributed by atoms with Gasteiger partial charge in [-0.25, -0.2) is 0 Å². The van der Waals surface area contributed by atoms with Crippen LogP contribution >= 0.6 is 0 Å². The highest BCUT2D eigenvalue weighted by molar-refractivity contribution is 5.97. The van der Waals surface area contributed by atoms with E-state index in [0.29, 0.717) is 0 Å². The van der Waals surface area contributed by atoms with Crippen LogP contribution in [0.4, 0.5) is 0 Å². The second-order valence-corrected chi connectivity index (χ2v) is 3.89. The van der Waals surface area contributed by atoms with Gasteiger partial charge in [0.25, 0.3) is 5.91 Å². The van der Waals surface area contributed by atoms with Crippen LogP contribution in [0.1, 0.15) is 24.2 Å². The van der Waals surface area contributed by atoms with Crippen LogP contribution < -0.4 is 5.32 Å². The van der Waals surface area contributed by atoms with Crippen LogP contribution in [0.25, 0.3) is 0 Å². The summed E-state index contributed by atoms with van der Waals surface area (Å²) < 4.78 is 0. The van der Waals surface area contributed by atoms with Crippen LogP contribution in [0.2, 0.25) is 0 Å². The van der Waals surface area contributed by atoms with Crippen molar-refractivity contribution in [3.63, 3.8) is 0 Å². The lowest BCUT2D eigenvalue weighted by Gasteiger charge is -2.17. The van der Waals surface area contributed by atoms with Gasteiger partial charge in [0.15, 0.2) is 0 Å². The molecular formula is C11H12N2O3. The maximum Gasteiger partial charge on any atom is 0.256 e. The van der Waals surface area contributed by atoms with Gasteiger partial charge in [0, 0.05) is 0 Å². The predicted octanol–water partition coefficient (Wildman–Crippen LogP) is 1.13. The number of nitrogens with one attached hydrogen (secondary N) is 1. The van der Waals surface area contributed by atoms with Crippen LogP contribution in [0.5, 0.6) is 11.5 Å². The molecule has 0 aliphatic heterocycles. The summed E-state index contributed by atoms with van der Waals surface area (Å²) in [7, 11) is 0. The zero-order valence-corrected chi connectivity index (χ0v) is 8.98. The molecule has 0 radical (unpaired) electrons. The molecule has 3 N–H and O–H groups in total. The van der Waals surface area contributed by atoms with Crippen molar-refractivity contribution in [2.24, 2.45) is 0 Å². The minimum absolute atomic E-state index is 0.0664. The molecule has 5 nitrogen and oxygen atoms in total. The monoisotopic (exact) mass is 220 g/mol. The van der Waals surface area contributed by atoms with Crippen molar-refractivity contribution in [1.82, 2.24) is 5.32 Å². The van der Waals surface area contributed by atoms with E-state index >= 15 is 0 Å². The van der Waals surface area contributed by atoms with E-state index in [0.717, 1.165) is 6.07 Å². The van der Waals surface area contributed by atoms with Gasteiger partial charge in [0.2, 0.25) is 0 Å². The number of phenolic OH excluding ortho intramolecular Hbond substituents is 2. The molecule has 0 bridgehead atoms. The molecule has 16 heavy (non-hydrogen) atoms. The summed E-state index contributed by atoms with van der Waals surface area (Å²) in [5.74, 6) is -0.985. The number of nitrogens with zero attached hydrogens (tertiary/aromatic N) is 1. The SMILES string of the molecule is CC(C)(C#N)NC(=O)c1cc(O)ccc1O. The Morgan fingerprint density at radius 1 is 1.44 bits per heavy atom. The molecule has 0 atom stereocenters. The van der Waals surface area contributed by atoms with Crippen molar-refractivity contribution >= 4 is 5.91 Å². The van der Waals surface area contributed by atoms with E-state index < -0.39 is 11.4 Å². The van der Waals surface area contributed by atoms with Gasteiger partial charge in [-0.15, -0.1) is 0 Å². The van der Waals surface area contributed by atoms with Gasteiger partial charge in [-0.2, -0.15) is 5.26 Å².